The molecule has 1 aromatic carbocycles. The van der Waals surface area contributed by atoms with Crippen LogP contribution >= 0.6 is 11.6 Å². The van der Waals surface area contributed by atoms with Gasteiger partial charge in [0.1, 0.15) is 11.1 Å². The summed E-state index contributed by atoms with van der Waals surface area (Å²) in [6.07, 6.45) is 0. The summed E-state index contributed by atoms with van der Waals surface area (Å²) in [6, 6.07) is 7.42. The molecule has 0 spiro atoms. The SMILES string of the molecule is COc1cccc(-c2nnc(C(C)Cl)o2)c1. The molecule has 0 saturated heterocycles. The van der Waals surface area contributed by atoms with Crippen molar-refractivity contribution in [1.82, 2.24) is 10.2 Å². The maximum absolute atomic E-state index is 5.84. The number of nitrogens with zero attached hydrogens (tertiary/aromatic N) is 2. The van der Waals surface area contributed by atoms with Crippen LogP contribution in [0.4, 0.5) is 0 Å². The highest BCUT2D eigenvalue weighted by atomic mass is 35.5. The van der Waals surface area contributed by atoms with Crippen LogP contribution in [0.2, 0.25) is 0 Å². The zero-order chi connectivity index (χ0) is 11.5. The van der Waals surface area contributed by atoms with Crippen LogP contribution in [0.25, 0.3) is 11.5 Å². The lowest BCUT2D eigenvalue weighted by molar-refractivity contribution is 0.414. The second-order valence-corrected chi connectivity index (χ2v) is 3.95. The monoisotopic (exact) mass is 238 g/mol. The van der Waals surface area contributed by atoms with Gasteiger partial charge < -0.3 is 9.15 Å². The van der Waals surface area contributed by atoms with Crippen LogP contribution in [-0.4, -0.2) is 17.3 Å². The molecule has 1 unspecified atom stereocenters. The molecule has 2 rings (SSSR count). The molecule has 0 saturated carbocycles. The van der Waals surface area contributed by atoms with E-state index < -0.39 is 0 Å². The number of hydrogen-bond acceptors (Lipinski definition) is 4. The first kappa shape index (κ1) is 11.0. The number of aromatic nitrogens is 2. The topological polar surface area (TPSA) is 48.2 Å². The van der Waals surface area contributed by atoms with E-state index in [1.165, 1.54) is 0 Å². The van der Waals surface area contributed by atoms with Crippen molar-refractivity contribution in [3.8, 4) is 17.2 Å². The van der Waals surface area contributed by atoms with Crippen LogP contribution in [0.5, 0.6) is 5.75 Å². The molecule has 1 heterocycles. The number of hydrogen-bond donors (Lipinski definition) is 0. The average Bonchev–Trinajstić information content (AvgIpc) is 2.78. The van der Waals surface area contributed by atoms with Crippen molar-refractivity contribution in [2.45, 2.75) is 12.3 Å². The molecule has 0 aliphatic rings. The van der Waals surface area contributed by atoms with Crippen molar-refractivity contribution in [3.63, 3.8) is 0 Å². The normalized spacial score (nSPS) is 12.4. The first-order valence-corrected chi connectivity index (χ1v) is 5.26. The predicted molar refractivity (Wildman–Crippen MR) is 60.6 cm³/mol. The number of benzene rings is 1. The van der Waals surface area contributed by atoms with E-state index in [0.29, 0.717) is 11.8 Å². The summed E-state index contributed by atoms with van der Waals surface area (Å²) in [5.41, 5.74) is 0.815. The minimum absolute atomic E-state index is 0.285. The molecule has 0 N–H and O–H groups in total. The maximum Gasteiger partial charge on any atom is 0.247 e. The zero-order valence-corrected chi connectivity index (χ0v) is 9.73. The number of ether oxygens (including phenoxy) is 1. The molecule has 0 aliphatic carbocycles. The second kappa shape index (κ2) is 4.53. The first-order valence-electron chi connectivity index (χ1n) is 4.82. The quantitative estimate of drug-likeness (QED) is 0.771. The molecule has 0 amide bonds. The number of rotatable bonds is 3. The van der Waals surface area contributed by atoms with Crippen molar-refractivity contribution in [1.29, 1.82) is 0 Å². The molecule has 84 valence electrons. The highest BCUT2D eigenvalue weighted by molar-refractivity contribution is 6.20. The third-order valence-corrected chi connectivity index (χ3v) is 2.28. The summed E-state index contributed by atoms with van der Waals surface area (Å²) >= 11 is 5.84. The fourth-order valence-electron chi connectivity index (χ4n) is 1.27. The third kappa shape index (κ3) is 2.17. The molecule has 1 atom stereocenters. The molecular weight excluding hydrogens is 228 g/mol. The lowest BCUT2D eigenvalue weighted by atomic mass is 10.2. The van der Waals surface area contributed by atoms with Gasteiger partial charge in [0.05, 0.1) is 7.11 Å². The van der Waals surface area contributed by atoms with Crippen LogP contribution in [0, 0.1) is 0 Å². The number of halogens is 1. The van der Waals surface area contributed by atoms with Crippen molar-refractivity contribution in [3.05, 3.63) is 30.2 Å². The van der Waals surface area contributed by atoms with E-state index in [2.05, 4.69) is 10.2 Å². The summed E-state index contributed by atoms with van der Waals surface area (Å²) < 4.78 is 10.5. The van der Waals surface area contributed by atoms with E-state index in [0.717, 1.165) is 11.3 Å². The van der Waals surface area contributed by atoms with Gasteiger partial charge in [0.15, 0.2) is 0 Å². The average molecular weight is 239 g/mol. The molecule has 0 bridgehead atoms. The highest BCUT2D eigenvalue weighted by Gasteiger charge is 2.12. The fraction of sp³-hybridized carbons (Fsp3) is 0.273. The second-order valence-electron chi connectivity index (χ2n) is 3.29. The van der Waals surface area contributed by atoms with Gasteiger partial charge in [-0.25, -0.2) is 0 Å². The van der Waals surface area contributed by atoms with E-state index in [4.69, 9.17) is 20.8 Å². The van der Waals surface area contributed by atoms with Crippen LogP contribution in [0.3, 0.4) is 0 Å². The van der Waals surface area contributed by atoms with Gasteiger partial charge in [0, 0.05) is 5.56 Å². The van der Waals surface area contributed by atoms with Gasteiger partial charge in [-0.3, -0.25) is 0 Å². The lowest BCUT2D eigenvalue weighted by Gasteiger charge is -2.00. The molecule has 16 heavy (non-hydrogen) atoms. The molecule has 0 aliphatic heterocycles. The zero-order valence-electron chi connectivity index (χ0n) is 8.98. The Morgan fingerprint density at radius 3 is 2.81 bits per heavy atom. The van der Waals surface area contributed by atoms with Crippen LogP contribution in [0.1, 0.15) is 18.2 Å². The minimum Gasteiger partial charge on any atom is -0.497 e. The standard InChI is InChI=1S/C11H11ClN2O2/c1-7(12)10-13-14-11(16-10)8-4-3-5-9(6-8)15-2/h3-7H,1-2H3. The lowest BCUT2D eigenvalue weighted by Crippen LogP contribution is -1.83. The molecule has 5 heteroatoms. The van der Waals surface area contributed by atoms with Gasteiger partial charge in [-0.05, 0) is 25.1 Å². The van der Waals surface area contributed by atoms with E-state index in [9.17, 15) is 0 Å². The molecule has 0 fully saturated rings. The van der Waals surface area contributed by atoms with Crippen molar-refractivity contribution >= 4 is 11.6 Å². The first-order chi connectivity index (χ1) is 7.70. The van der Waals surface area contributed by atoms with Gasteiger partial charge in [0.25, 0.3) is 0 Å². The summed E-state index contributed by atoms with van der Waals surface area (Å²) in [5.74, 6) is 1.61. The Morgan fingerprint density at radius 2 is 2.19 bits per heavy atom. The Bertz CT molecular complexity index is 482. The maximum atomic E-state index is 5.84. The molecule has 0 radical (unpaired) electrons. The summed E-state index contributed by atoms with van der Waals surface area (Å²) in [4.78, 5) is 0. The van der Waals surface area contributed by atoms with Crippen molar-refractivity contribution in [2.75, 3.05) is 7.11 Å². The van der Waals surface area contributed by atoms with Gasteiger partial charge in [0.2, 0.25) is 11.8 Å². The van der Waals surface area contributed by atoms with Crippen LogP contribution in [0.15, 0.2) is 28.7 Å². The Hall–Kier alpha value is -1.55. The molecular formula is C11H11ClN2O2. The Morgan fingerprint density at radius 1 is 1.38 bits per heavy atom. The van der Waals surface area contributed by atoms with Gasteiger partial charge in [-0.2, -0.15) is 0 Å². The Balaban J connectivity index is 2.34. The fourth-order valence-corrected chi connectivity index (χ4v) is 1.36. The van der Waals surface area contributed by atoms with Crippen molar-refractivity contribution in [2.24, 2.45) is 0 Å². The molecule has 2 aromatic rings. The number of methoxy groups -OCH3 is 1. The van der Waals surface area contributed by atoms with Crippen LogP contribution in [-0.2, 0) is 0 Å². The van der Waals surface area contributed by atoms with Gasteiger partial charge >= 0.3 is 0 Å². The van der Waals surface area contributed by atoms with Gasteiger partial charge in [-0.15, -0.1) is 21.8 Å². The largest absolute Gasteiger partial charge is 0.497 e. The molecule has 1 aromatic heterocycles. The van der Waals surface area contributed by atoms with E-state index in [1.54, 1.807) is 14.0 Å². The van der Waals surface area contributed by atoms with E-state index >= 15 is 0 Å². The third-order valence-electron chi connectivity index (χ3n) is 2.10. The predicted octanol–water partition coefficient (Wildman–Crippen LogP) is 3.05. The van der Waals surface area contributed by atoms with Gasteiger partial charge in [-0.1, -0.05) is 6.07 Å². The summed E-state index contributed by atoms with van der Waals surface area (Å²) in [6.45, 7) is 1.78. The highest BCUT2D eigenvalue weighted by Crippen LogP contribution is 2.25. The smallest absolute Gasteiger partial charge is 0.247 e. The van der Waals surface area contributed by atoms with Crippen LogP contribution < -0.4 is 4.74 Å². The van der Waals surface area contributed by atoms with E-state index in [-0.39, 0.29) is 5.38 Å². The number of alkyl halides is 1. The minimum atomic E-state index is -0.285. The Labute approximate surface area is 98.2 Å². The Kier molecular flexibility index (Phi) is 3.10. The summed E-state index contributed by atoms with van der Waals surface area (Å²) in [7, 11) is 1.61. The summed E-state index contributed by atoms with van der Waals surface area (Å²) in [5, 5.41) is 7.50. The van der Waals surface area contributed by atoms with Crippen molar-refractivity contribution < 1.29 is 9.15 Å². The van der Waals surface area contributed by atoms with E-state index in [1.807, 2.05) is 24.3 Å². The molecule has 4 nitrogen and oxygen atoms in total.